The van der Waals surface area contributed by atoms with E-state index in [-0.39, 0.29) is 5.91 Å². The van der Waals surface area contributed by atoms with Crippen molar-refractivity contribution in [1.29, 1.82) is 0 Å². The van der Waals surface area contributed by atoms with Gasteiger partial charge in [0.15, 0.2) is 0 Å². The zero-order chi connectivity index (χ0) is 14.1. The minimum Gasteiger partial charge on any atom is -0.347 e. The van der Waals surface area contributed by atoms with E-state index >= 15 is 0 Å². The Hall–Kier alpha value is -1.51. The van der Waals surface area contributed by atoms with Crippen molar-refractivity contribution in [1.82, 2.24) is 10.2 Å². The van der Waals surface area contributed by atoms with Crippen molar-refractivity contribution in [2.45, 2.75) is 40.5 Å². The fourth-order valence-electron chi connectivity index (χ4n) is 1.20. The summed E-state index contributed by atoms with van der Waals surface area (Å²) in [6.07, 6.45) is 7.33. The summed E-state index contributed by atoms with van der Waals surface area (Å²) in [5.41, 5.74) is 1.78. The van der Waals surface area contributed by atoms with Crippen LogP contribution in [0, 0.1) is 5.92 Å². The van der Waals surface area contributed by atoms with Gasteiger partial charge in [-0.25, -0.2) is 0 Å². The molecule has 0 aliphatic heterocycles. The van der Waals surface area contributed by atoms with Crippen molar-refractivity contribution in [2.75, 3.05) is 7.05 Å². The van der Waals surface area contributed by atoms with E-state index in [1.165, 1.54) is 0 Å². The lowest BCUT2D eigenvalue weighted by Gasteiger charge is -2.18. The van der Waals surface area contributed by atoms with Gasteiger partial charge in [-0.05, 0) is 25.5 Å². The number of nitrogens with zero attached hydrogens (tertiary/aromatic N) is 1. The van der Waals surface area contributed by atoms with Gasteiger partial charge in [-0.1, -0.05) is 45.4 Å². The molecular formula is C15H26N2O. The summed E-state index contributed by atoms with van der Waals surface area (Å²) in [6.45, 7) is 12.0. The molecule has 0 aromatic carbocycles. The second kappa shape index (κ2) is 8.56. The van der Waals surface area contributed by atoms with Crippen molar-refractivity contribution >= 4 is 5.91 Å². The lowest BCUT2D eigenvalue weighted by atomic mass is 10.1. The summed E-state index contributed by atoms with van der Waals surface area (Å²) >= 11 is 0. The summed E-state index contributed by atoms with van der Waals surface area (Å²) in [5, 5.41) is 2.82. The van der Waals surface area contributed by atoms with Crippen molar-refractivity contribution in [3.05, 3.63) is 36.3 Å². The molecule has 18 heavy (non-hydrogen) atoms. The van der Waals surface area contributed by atoms with Crippen LogP contribution in [0.5, 0.6) is 0 Å². The first-order valence-electron chi connectivity index (χ1n) is 6.49. The van der Waals surface area contributed by atoms with Gasteiger partial charge in [0.25, 0.3) is 5.91 Å². The third-order valence-electron chi connectivity index (χ3n) is 2.98. The molecule has 0 aliphatic rings. The predicted octanol–water partition coefficient (Wildman–Crippen LogP) is 3.42. The third kappa shape index (κ3) is 5.71. The number of hydrogen-bond acceptors (Lipinski definition) is 2. The second-order valence-electron chi connectivity index (χ2n) is 4.55. The van der Waals surface area contributed by atoms with E-state index < -0.39 is 0 Å². The van der Waals surface area contributed by atoms with Crippen LogP contribution in [0.1, 0.15) is 40.5 Å². The highest BCUT2D eigenvalue weighted by Crippen LogP contribution is 2.11. The van der Waals surface area contributed by atoms with Crippen LogP contribution in [-0.4, -0.2) is 17.9 Å². The SMILES string of the molecule is C=CN(C)/C(=C\C(C)CC)C(=O)N/C=C(/C)CC. The van der Waals surface area contributed by atoms with Crippen LogP contribution in [0.3, 0.4) is 0 Å². The monoisotopic (exact) mass is 250 g/mol. The molecule has 1 N–H and O–H groups in total. The normalized spacial score (nSPS) is 14.1. The van der Waals surface area contributed by atoms with E-state index in [9.17, 15) is 4.79 Å². The van der Waals surface area contributed by atoms with Crippen molar-refractivity contribution in [3.8, 4) is 0 Å². The Morgan fingerprint density at radius 1 is 1.44 bits per heavy atom. The average Bonchev–Trinajstić information content (AvgIpc) is 2.40. The van der Waals surface area contributed by atoms with Gasteiger partial charge in [-0.2, -0.15) is 0 Å². The Morgan fingerprint density at radius 2 is 2.06 bits per heavy atom. The average molecular weight is 250 g/mol. The molecule has 3 nitrogen and oxygen atoms in total. The lowest BCUT2D eigenvalue weighted by molar-refractivity contribution is -0.117. The second-order valence-corrected chi connectivity index (χ2v) is 4.55. The van der Waals surface area contributed by atoms with E-state index in [1.54, 1.807) is 17.3 Å². The van der Waals surface area contributed by atoms with Crippen molar-refractivity contribution < 1.29 is 4.79 Å². The maximum atomic E-state index is 12.1. The number of amides is 1. The number of hydrogen-bond donors (Lipinski definition) is 1. The lowest BCUT2D eigenvalue weighted by Crippen LogP contribution is -2.28. The summed E-state index contributed by atoms with van der Waals surface area (Å²) in [5.74, 6) is 0.273. The first-order chi connectivity index (χ1) is 8.46. The number of rotatable bonds is 7. The summed E-state index contributed by atoms with van der Waals surface area (Å²) in [4.78, 5) is 13.8. The predicted molar refractivity (Wildman–Crippen MR) is 77.7 cm³/mol. The van der Waals surface area contributed by atoms with Gasteiger partial charge in [0.1, 0.15) is 5.70 Å². The molecule has 102 valence electrons. The Bertz CT molecular complexity index is 342. The van der Waals surface area contributed by atoms with Crippen LogP contribution in [0.2, 0.25) is 0 Å². The van der Waals surface area contributed by atoms with Crippen LogP contribution in [0.4, 0.5) is 0 Å². The molecular weight excluding hydrogens is 224 g/mol. The summed E-state index contributed by atoms with van der Waals surface area (Å²) in [7, 11) is 1.83. The Labute approximate surface area is 111 Å². The molecule has 0 radical (unpaired) electrons. The standard InChI is InChI=1S/C15H26N2O/c1-7-12(4)10-14(17(6)9-3)15(18)16-11-13(5)8-2/h9-12H,3,7-8H2,1-2,4-6H3,(H,16,18)/b13-11-,14-10-. The zero-order valence-corrected chi connectivity index (χ0v) is 12.3. The van der Waals surface area contributed by atoms with Gasteiger partial charge in [0, 0.05) is 13.2 Å². The highest BCUT2D eigenvalue weighted by atomic mass is 16.2. The smallest absolute Gasteiger partial charge is 0.271 e. The number of allylic oxidation sites excluding steroid dienone is 2. The summed E-state index contributed by atoms with van der Waals surface area (Å²) < 4.78 is 0. The Balaban J connectivity index is 4.92. The van der Waals surface area contributed by atoms with Gasteiger partial charge in [0.05, 0.1) is 0 Å². The van der Waals surface area contributed by atoms with Gasteiger partial charge in [-0.15, -0.1) is 0 Å². The number of carbonyl (C=O) groups is 1. The van der Waals surface area contributed by atoms with E-state index in [0.717, 1.165) is 18.4 Å². The van der Waals surface area contributed by atoms with Crippen molar-refractivity contribution in [2.24, 2.45) is 5.92 Å². The molecule has 0 rings (SSSR count). The number of nitrogens with one attached hydrogen (secondary N) is 1. The van der Waals surface area contributed by atoms with E-state index in [2.05, 4.69) is 32.7 Å². The topological polar surface area (TPSA) is 32.3 Å². The van der Waals surface area contributed by atoms with E-state index in [4.69, 9.17) is 0 Å². The molecule has 0 aliphatic carbocycles. The third-order valence-corrected chi connectivity index (χ3v) is 2.98. The summed E-state index contributed by atoms with van der Waals surface area (Å²) in [6, 6.07) is 0. The minimum absolute atomic E-state index is 0.0921. The molecule has 0 saturated heterocycles. The van der Waals surface area contributed by atoms with Gasteiger partial charge in [0.2, 0.25) is 0 Å². The van der Waals surface area contributed by atoms with Gasteiger partial charge in [-0.3, -0.25) is 4.79 Å². The minimum atomic E-state index is -0.0921. The molecule has 0 aromatic rings. The zero-order valence-electron chi connectivity index (χ0n) is 12.3. The maximum absolute atomic E-state index is 12.1. The highest BCUT2D eigenvalue weighted by molar-refractivity contribution is 5.93. The van der Waals surface area contributed by atoms with Crippen LogP contribution in [-0.2, 0) is 4.79 Å². The molecule has 0 heterocycles. The molecule has 0 bridgehead atoms. The fraction of sp³-hybridized carbons (Fsp3) is 0.533. The first kappa shape index (κ1) is 16.5. The molecule has 0 spiro atoms. The molecule has 3 heteroatoms. The number of likely N-dealkylation sites (N-methyl/N-ethyl adjacent to an activating group) is 1. The van der Waals surface area contributed by atoms with Crippen LogP contribution < -0.4 is 5.32 Å². The molecule has 0 saturated carbocycles. The van der Waals surface area contributed by atoms with Gasteiger partial charge < -0.3 is 10.2 Å². The molecule has 1 atom stereocenters. The van der Waals surface area contributed by atoms with Crippen molar-refractivity contribution in [3.63, 3.8) is 0 Å². The molecule has 1 amide bonds. The van der Waals surface area contributed by atoms with Crippen LogP contribution >= 0.6 is 0 Å². The highest BCUT2D eigenvalue weighted by Gasteiger charge is 2.12. The van der Waals surface area contributed by atoms with Crippen LogP contribution in [0.25, 0.3) is 0 Å². The molecule has 0 aromatic heterocycles. The molecule has 1 unspecified atom stereocenters. The quantitative estimate of drug-likeness (QED) is 0.702. The number of carbonyl (C=O) groups excluding carboxylic acids is 1. The largest absolute Gasteiger partial charge is 0.347 e. The van der Waals surface area contributed by atoms with E-state index in [1.807, 2.05) is 20.0 Å². The Kier molecular flexibility index (Phi) is 7.84. The maximum Gasteiger partial charge on any atom is 0.271 e. The first-order valence-corrected chi connectivity index (χ1v) is 6.49. The van der Waals surface area contributed by atoms with E-state index in [0.29, 0.717) is 11.6 Å². The Morgan fingerprint density at radius 3 is 2.50 bits per heavy atom. The fourth-order valence-corrected chi connectivity index (χ4v) is 1.20. The molecule has 0 fully saturated rings. The van der Waals surface area contributed by atoms with Gasteiger partial charge >= 0.3 is 0 Å². The van der Waals surface area contributed by atoms with Crippen LogP contribution in [0.15, 0.2) is 36.3 Å².